The van der Waals surface area contributed by atoms with Crippen LogP contribution in [0.3, 0.4) is 0 Å². The zero-order chi connectivity index (χ0) is 10.6. The Bertz CT molecular complexity index is 193. The van der Waals surface area contributed by atoms with E-state index >= 15 is 0 Å². The fraction of sp³-hybridized carbons (Fsp3) is 0.750. The maximum Gasteiger partial charge on any atom is 0.460 e. The van der Waals surface area contributed by atoms with Crippen LogP contribution in [0, 0.1) is 0 Å². The standard InChI is InChI=1S/C8H14F3N3/c1-2-13-7-5-12-3-4-14(6-7)8(9,10)11/h2,7,12-13H,1,3-6H2. The highest BCUT2D eigenvalue weighted by Gasteiger charge is 2.38. The van der Waals surface area contributed by atoms with Gasteiger partial charge >= 0.3 is 6.30 Å². The molecule has 1 heterocycles. The summed E-state index contributed by atoms with van der Waals surface area (Å²) in [6.07, 6.45) is -2.82. The highest BCUT2D eigenvalue weighted by Crippen LogP contribution is 2.21. The van der Waals surface area contributed by atoms with E-state index in [0.717, 1.165) is 0 Å². The Morgan fingerprint density at radius 3 is 2.79 bits per heavy atom. The number of rotatable bonds is 2. The van der Waals surface area contributed by atoms with Crippen LogP contribution in [-0.2, 0) is 0 Å². The van der Waals surface area contributed by atoms with Crippen molar-refractivity contribution in [2.75, 3.05) is 26.2 Å². The highest BCUT2D eigenvalue weighted by molar-refractivity contribution is 4.83. The van der Waals surface area contributed by atoms with Gasteiger partial charge in [0.25, 0.3) is 0 Å². The van der Waals surface area contributed by atoms with Gasteiger partial charge in [-0.25, -0.2) is 4.90 Å². The number of nitrogens with zero attached hydrogens (tertiary/aromatic N) is 1. The first-order valence-electron chi connectivity index (χ1n) is 4.43. The summed E-state index contributed by atoms with van der Waals surface area (Å²) in [5.41, 5.74) is 0. The third-order valence-corrected chi connectivity index (χ3v) is 2.10. The molecular weight excluding hydrogens is 195 g/mol. The van der Waals surface area contributed by atoms with E-state index in [2.05, 4.69) is 17.2 Å². The van der Waals surface area contributed by atoms with E-state index in [9.17, 15) is 13.2 Å². The van der Waals surface area contributed by atoms with E-state index in [1.165, 1.54) is 6.20 Å². The van der Waals surface area contributed by atoms with E-state index in [-0.39, 0.29) is 19.1 Å². The Hall–Kier alpha value is -0.750. The molecule has 1 fully saturated rings. The molecule has 0 aromatic carbocycles. The first-order valence-corrected chi connectivity index (χ1v) is 4.43. The number of hydrogen-bond acceptors (Lipinski definition) is 3. The summed E-state index contributed by atoms with van der Waals surface area (Å²) < 4.78 is 37.1. The van der Waals surface area contributed by atoms with E-state index in [4.69, 9.17) is 0 Å². The number of hydrogen-bond donors (Lipinski definition) is 2. The molecule has 1 unspecified atom stereocenters. The smallest absolute Gasteiger partial charge is 0.386 e. The molecule has 1 aliphatic heterocycles. The maximum absolute atomic E-state index is 12.4. The second-order valence-electron chi connectivity index (χ2n) is 3.19. The topological polar surface area (TPSA) is 27.3 Å². The van der Waals surface area contributed by atoms with Crippen LogP contribution < -0.4 is 10.6 Å². The largest absolute Gasteiger partial charge is 0.460 e. The lowest BCUT2D eigenvalue weighted by Gasteiger charge is -2.25. The summed E-state index contributed by atoms with van der Waals surface area (Å²) in [7, 11) is 0. The molecule has 1 saturated heterocycles. The average molecular weight is 209 g/mol. The quantitative estimate of drug-likeness (QED) is 0.649. The number of nitrogens with one attached hydrogen (secondary N) is 2. The van der Waals surface area contributed by atoms with Crippen LogP contribution in [0.5, 0.6) is 0 Å². The van der Waals surface area contributed by atoms with Crippen LogP contribution >= 0.6 is 0 Å². The summed E-state index contributed by atoms with van der Waals surface area (Å²) in [5, 5.41) is 5.72. The molecule has 1 aliphatic rings. The second kappa shape index (κ2) is 4.65. The minimum atomic E-state index is -4.24. The molecular formula is C8H14F3N3. The molecule has 0 bridgehead atoms. The van der Waals surface area contributed by atoms with E-state index < -0.39 is 6.30 Å². The molecule has 0 aromatic heterocycles. The van der Waals surface area contributed by atoms with Gasteiger partial charge in [0.15, 0.2) is 0 Å². The van der Waals surface area contributed by atoms with Crippen molar-refractivity contribution in [2.45, 2.75) is 12.3 Å². The third-order valence-electron chi connectivity index (χ3n) is 2.10. The van der Waals surface area contributed by atoms with Crippen molar-refractivity contribution in [3.63, 3.8) is 0 Å². The van der Waals surface area contributed by atoms with Gasteiger partial charge in [0.2, 0.25) is 0 Å². The first kappa shape index (κ1) is 11.3. The molecule has 14 heavy (non-hydrogen) atoms. The maximum atomic E-state index is 12.4. The Labute approximate surface area is 81.0 Å². The summed E-state index contributed by atoms with van der Waals surface area (Å²) in [4.78, 5) is 0.508. The van der Waals surface area contributed by atoms with Gasteiger partial charge < -0.3 is 10.6 Å². The van der Waals surface area contributed by atoms with Gasteiger partial charge in [-0.15, -0.1) is 0 Å². The predicted molar refractivity (Wildman–Crippen MR) is 47.6 cm³/mol. The molecule has 82 valence electrons. The van der Waals surface area contributed by atoms with Crippen LogP contribution in [0.25, 0.3) is 0 Å². The summed E-state index contributed by atoms with van der Waals surface area (Å²) in [6.45, 7) is 4.28. The fourth-order valence-electron chi connectivity index (χ4n) is 1.42. The van der Waals surface area contributed by atoms with Crippen molar-refractivity contribution >= 4 is 0 Å². The normalized spacial score (nSPS) is 25.5. The molecule has 0 radical (unpaired) electrons. The zero-order valence-corrected chi connectivity index (χ0v) is 7.77. The van der Waals surface area contributed by atoms with Gasteiger partial charge in [0.1, 0.15) is 0 Å². The second-order valence-corrected chi connectivity index (χ2v) is 3.19. The van der Waals surface area contributed by atoms with Crippen LogP contribution in [0.1, 0.15) is 0 Å². The Morgan fingerprint density at radius 2 is 2.21 bits per heavy atom. The minimum absolute atomic E-state index is 0.00117. The molecule has 0 aromatic rings. The summed E-state index contributed by atoms with van der Waals surface area (Å²) in [6, 6.07) is -0.239. The van der Waals surface area contributed by atoms with Gasteiger partial charge in [0.05, 0.1) is 6.04 Å². The van der Waals surface area contributed by atoms with Crippen LogP contribution in [-0.4, -0.2) is 43.4 Å². The Morgan fingerprint density at radius 1 is 1.50 bits per heavy atom. The first-order chi connectivity index (χ1) is 6.54. The van der Waals surface area contributed by atoms with Crippen molar-refractivity contribution in [1.29, 1.82) is 0 Å². The van der Waals surface area contributed by atoms with Crippen LogP contribution in [0.4, 0.5) is 13.2 Å². The molecule has 3 nitrogen and oxygen atoms in total. The van der Waals surface area contributed by atoms with Crippen LogP contribution in [0.2, 0.25) is 0 Å². The molecule has 0 saturated carbocycles. The number of alkyl halides is 3. The van der Waals surface area contributed by atoms with Gasteiger partial charge in [-0.05, 0) is 6.20 Å². The zero-order valence-electron chi connectivity index (χ0n) is 7.77. The molecule has 1 rings (SSSR count). The summed E-state index contributed by atoms with van der Waals surface area (Å²) >= 11 is 0. The molecule has 0 aliphatic carbocycles. The molecule has 1 atom stereocenters. The lowest BCUT2D eigenvalue weighted by molar-refractivity contribution is -0.244. The monoisotopic (exact) mass is 209 g/mol. The Balaban J connectivity index is 2.55. The van der Waals surface area contributed by atoms with Crippen molar-refractivity contribution < 1.29 is 13.2 Å². The molecule has 0 amide bonds. The lowest BCUT2D eigenvalue weighted by Crippen LogP contribution is -2.46. The Kier molecular flexibility index (Phi) is 3.77. The SMILES string of the molecule is C=CNC1CNCCN(C(F)(F)F)C1. The minimum Gasteiger partial charge on any atom is -0.386 e. The van der Waals surface area contributed by atoms with E-state index in [1.54, 1.807) is 0 Å². The predicted octanol–water partition coefficient (Wildman–Crippen LogP) is 0.513. The average Bonchev–Trinajstić information content (AvgIpc) is 2.29. The highest BCUT2D eigenvalue weighted by atomic mass is 19.4. The van der Waals surface area contributed by atoms with Gasteiger partial charge in [0, 0.05) is 26.2 Å². The van der Waals surface area contributed by atoms with E-state index in [1.807, 2.05) is 0 Å². The van der Waals surface area contributed by atoms with Crippen LogP contribution in [0.15, 0.2) is 12.8 Å². The fourth-order valence-corrected chi connectivity index (χ4v) is 1.42. The van der Waals surface area contributed by atoms with Crippen molar-refractivity contribution in [3.8, 4) is 0 Å². The molecule has 2 N–H and O–H groups in total. The number of halogens is 3. The van der Waals surface area contributed by atoms with Gasteiger partial charge in [-0.2, -0.15) is 13.2 Å². The van der Waals surface area contributed by atoms with Crippen molar-refractivity contribution in [1.82, 2.24) is 15.5 Å². The lowest BCUT2D eigenvalue weighted by atomic mass is 10.3. The summed E-state index contributed by atoms with van der Waals surface area (Å²) in [5.74, 6) is 0. The van der Waals surface area contributed by atoms with Crippen molar-refractivity contribution in [2.24, 2.45) is 0 Å². The van der Waals surface area contributed by atoms with Gasteiger partial charge in [-0.1, -0.05) is 6.58 Å². The van der Waals surface area contributed by atoms with Crippen molar-refractivity contribution in [3.05, 3.63) is 12.8 Å². The van der Waals surface area contributed by atoms with Gasteiger partial charge in [-0.3, -0.25) is 0 Å². The molecule has 0 spiro atoms. The van der Waals surface area contributed by atoms with E-state index in [0.29, 0.717) is 18.0 Å². The molecule has 6 heteroatoms. The third kappa shape index (κ3) is 3.19.